The number of piperidine rings is 1. The smallest absolute Gasteiger partial charge is 0.306 e. The number of carbonyl (C=O) groups excluding carboxylic acids is 1. The Morgan fingerprint density at radius 1 is 1.28 bits per heavy atom. The van der Waals surface area contributed by atoms with Crippen LogP contribution < -0.4 is 0 Å². The summed E-state index contributed by atoms with van der Waals surface area (Å²) >= 11 is 1.69. The van der Waals surface area contributed by atoms with Crippen LogP contribution in [0.15, 0.2) is 0 Å². The van der Waals surface area contributed by atoms with Crippen molar-refractivity contribution in [1.82, 2.24) is 4.90 Å². The van der Waals surface area contributed by atoms with Gasteiger partial charge in [-0.15, -0.1) is 0 Å². The van der Waals surface area contributed by atoms with Gasteiger partial charge in [-0.1, -0.05) is 19.8 Å². The summed E-state index contributed by atoms with van der Waals surface area (Å²) in [7, 11) is 0. The van der Waals surface area contributed by atoms with Crippen LogP contribution in [0.1, 0.15) is 39.0 Å². The fourth-order valence-corrected chi connectivity index (χ4v) is 2.99. The summed E-state index contributed by atoms with van der Waals surface area (Å²) in [6.45, 7) is 3.37. The number of aliphatic carboxylic acids is 1. The highest BCUT2D eigenvalue weighted by atomic mass is 32.2. The Morgan fingerprint density at radius 2 is 1.94 bits per heavy atom. The van der Waals surface area contributed by atoms with E-state index in [9.17, 15) is 9.59 Å². The summed E-state index contributed by atoms with van der Waals surface area (Å²) in [5.41, 5.74) is 0. The van der Waals surface area contributed by atoms with Crippen LogP contribution in [0, 0.1) is 5.92 Å². The zero-order valence-electron chi connectivity index (χ0n) is 11.1. The molecule has 0 aromatic rings. The maximum Gasteiger partial charge on any atom is 0.306 e. The summed E-state index contributed by atoms with van der Waals surface area (Å²) in [5, 5.41) is 8.88. The van der Waals surface area contributed by atoms with Crippen molar-refractivity contribution in [3.05, 3.63) is 0 Å². The molecule has 18 heavy (non-hydrogen) atoms. The van der Waals surface area contributed by atoms with E-state index in [1.807, 2.05) is 4.90 Å². The fourth-order valence-electron chi connectivity index (χ4n) is 2.08. The van der Waals surface area contributed by atoms with Crippen LogP contribution in [0.2, 0.25) is 0 Å². The maximum atomic E-state index is 11.9. The van der Waals surface area contributed by atoms with Gasteiger partial charge in [-0.2, -0.15) is 11.8 Å². The molecule has 1 amide bonds. The Kier molecular flexibility index (Phi) is 7.16. The van der Waals surface area contributed by atoms with Gasteiger partial charge >= 0.3 is 5.97 Å². The number of likely N-dealkylation sites (tertiary alicyclic amines) is 1. The molecule has 0 aromatic heterocycles. The molecule has 0 aliphatic carbocycles. The van der Waals surface area contributed by atoms with Gasteiger partial charge in [-0.05, 0) is 25.0 Å². The third-order valence-electron chi connectivity index (χ3n) is 3.31. The van der Waals surface area contributed by atoms with Gasteiger partial charge in [0.25, 0.3) is 0 Å². The highest BCUT2D eigenvalue weighted by molar-refractivity contribution is 7.99. The van der Waals surface area contributed by atoms with Crippen LogP contribution in [-0.4, -0.2) is 46.5 Å². The number of carbonyl (C=O) groups is 2. The first-order valence-electron chi connectivity index (χ1n) is 6.73. The third kappa shape index (κ3) is 5.29. The number of rotatable bonds is 7. The van der Waals surface area contributed by atoms with E-state index in [-0.39, 0.29) is 11.8 Å². The maximum absolute atomic E-state index is 11.9. The van der Waals surface area contributed by atoms with Crippen LogP contribution in [-0.2, 0) is 9.59 Å². The lowest BCUT2D eigenvalue weighted by atomic mass is 9.97. The molecule has 0 aromatic carbocycles. The molecule has 1 N–H and O–H groups in total. The Bertz CT molecular complexity index is 275. The SMILES string of the molecule is CCCCCSCC(=O)N1CCC(C(=O)O)CC1. The molecule has 0 radical (unpaired) electrons. The minimum atomic E-state index is -0.726. The van der Waals surface area contributed by atoms with Crippen molar-refractivity contribution in [2.24, 2.45) is 5.92 Å². The van der Waals surface area contributed by atoms with Gasteiger partial charge in [-0.3, -0.25) is 9.59 Å². The average Bonchev–Trinajstić information content (AvgIpc) is 2.38. The van der Waals surface area contributed by atoms with Crippen LogP contribution in [0.25, 0.3) is 0 Å². The van der Waals surface area contributed by atoms with Gasteiger partial charge in [0.15, 0.2) is 0 Å². The van der Waals surface area contributed by atoms with Gasteiger partial charge < -0.3 is 10.0 Å². The molecule has 0 unspecified atom stereocenters. The number of unbranched alkanes of at least 4 members (excludes halogenated alkanes) is 2. The van der Waals surface area contributed by atoms with Crippen LogP contribution >= 0.6 is 11.8 Å². The van der Waals surface area contributed by atoms with Crippen molar-refractivity contribution >= 4 is 23.6 Å². The number of carboxylic acid groups (broad SMARTS) is 1. The average molecular weight is 273 g/mol. The zero-order valence-corrected chi connectivity index (χ0v) is 11.9. The molecule has 0 spiro atoms. The summed E-state index contributed by atoms with van der Waals surface area (Å²) in [6.07, 6.45) is 4.81. The molecule has 1 rings (SSSR count). The molecule has 1 saturated heterocycles. The first kappa shape index (κ1) is 15.3. The van der Waals surface area contributed by atoms with Crippen molar-refractivity contribution in [3.8, 4) is 0 Å². The molecule has 1 heterocycles. The number of hydrogen-bond acceptors (Lipinski definition) is 3. The van der Waals surface area contributed by atoms with Crippen molar-refractivity contribution in [1.29, 1.82) is 0 Å². The van der Waals surface area contributed by atoms with Gasteiger partial charge in [0.1, 0.15) is 0 Å². The first-order chi connectivity index (χ1) is 8.65. The lowest BCUT2D eigenvalue weighted by molar-refractivity contribution is -0.145. The number of hydrogen-bond donors (Lipinski definition) is 1. The van der Waals surface area contributed by atoms with Gasteiger partial charge in [-0.25, -0.2) is 0 Å². The van der Waals surface area contributed by atoms with Gasteiger partial charge in [0.05, 0.1) is 11.7 Å². The van der Waals surface area contributed by atoms with E-state index in [0.717, 1.165) is 5.75 Å². The molecule has 104 valence electrons. The second-order valence-electron chi connectivity index (χ2n) is 4.75. The normalized spacial score (nSPS) is 16.8. The summed E-state index contributed by atoms with van der Waals surface area (Å²) in [5.74, 6) is 0.773. The Labute approximate surface area is 113 Å². The van der Waals surface area contributed by atoms with E-state index < -0.39 is 5.97 Å². The standard InChI is InChI=1S/C13H23NO3S/c1-2-3-4-9-18-10-12(15)14-7-5-11(6-8-14)13(16)17/h11H,2-10H2,1H3,(H,16,17). The molecular weight excluding hydrogens is 250 g/mol. The predicted molar refractivity (Wildman–Crippen MR) is 73.8 cm³/mol. The first-order valence-corrected chi connectivity index (χ1v) is 7.89. The van der Waals surface area contributed by atoms with Crippen molar-refractivity contribution in [3.63, 3.8) is 0 Å². The minimum absolute atomic E-state index is 0.167. The molecule has 0 atom stereocenters. The molecule has 5 heteroatoms. The van der Waals surface area contributed by atoms with E-state index in [1.165, 1.54) is 19.3 Å². The monoisotopic (exact) mass is 273 g/mol. The van der Waals surface area contributed by atoms with Crippen LogP contribution in [0.3, 0.4) is 0 Å². The molecule has 4 nitrogen and oxygen atoms in total. The van der Waals surface area contributed by atoms with E-state index in [1.54, 1.807) is 11.8 Å². The highest BCUT2D eigenvalue weighted by Crippen LogP contribution is 2.18. The summed E-state index contributed by atoms with van der Waals surface area (Å²) in [6, 6.07) is 0. The molecule has 1 aliphatic heterocycles. The third-order valence-corrected chi connectivity index (χ3v) is 4.34. The Hall–Kier alpha value is -0.710. The fraction of sp³-hybridized carbons (Fsp3) is 0.846. The van der Waals surface area contributed by atoms with Crippen LogP contribution in [0.4, 0.5) is 0 Å². The molecule has 0 saturated carbocycles. The number of nitrogens with zero attached hydrogens (tertiary/aromatic N) is 1. The molecule has 0 bridgehead atoms. The minimum Gasteiger partial charge on any atom is -0.481 e. The Balaban J connectivity index is 2.14. The highest BCUT2D eigenvalue weighted by Gasteiger charge is 2.26. The predicted octanol–water partition coefficient (Wildman–Crippen LogP) is 2.23. The van der Waals surface area contributed by atoms with E-state index in [2.05, 4.69) is 6.92 Å². The van der Waals surface area contributed by atoms with Crippen molar-refractivity contribution in [2.75, 3.05) is 24.6 Å². The van der Waals surface area contributed by atoms with Gasteiger partial charge in [0.2, 0.25) is 5.91 Å². The summed E-state index contributed by atoms with van der Waals surface area (Å²) < 4.78 is 0. The Morgan fingerprint density at radius 3 is 2.50 bits per heavy atom. The lowest BCUT2D eigenvalue weighted by Gasteiger charge is -2.30. The molecule has 1 fully saturated rings. The number of carboxylic acids is 1. The zero-order chi connectivity index (χ0) is 13.4. The largest absolute Gasteiger partial charge is 0.481 e. The quantitative estimate of drug-likeness (QED) is 0.723. The molecular formula is C13H23NO3S. The van der Waals surface area contributed by atoms with Crippen LogP contribution in [0.5, 0.6) is 0 Å². The van der Waals surface area contributed by atoms with Gasteiger partial charge in [0, 0.05) is 13.1 Å². The lowest BCUT2D eigenvalue weighted by Crippen LogP contribution is -2.41. The second-order valence-corrected chi connectivity index (χ2v) is 5.86. The van der Waals surface area contributed by atoms with E-state index in [0.29, 0.717) is 31.7 Å². The van der Waals surface area contributed by atoms with Crippen molar-refractivity contribution < 1.29 is 14.7 Å². The number of amides is 1. The number of thioether (sulfide) groups is 1. The topological polar surface area (TPSA) is 57.6 Å². The van der Waals surface area contributed by atoms with E-state index in [4.69, 9.17) is 5.11 Å². The molecule has 1 aliphatic rings. The second kappa shape index (κ2) is 8.40. The summed E-state index contributed by atoms with van der Waals surface area (Å²) in [4.78, 5) is 24.5. The van der Waals surface area contributed by atoms with E-state index >= 15 is 0 Å². The van der Waals surface area contributed by atoms with Crippen molar-refractivity contribution in [2.45, 2.75) is 39.0 Å².